The van der Waals surface area contributed by atoms with E-state index in [1.807, 2.05) is 12.1 Å². The van der Waals surface area contributed by atoms with Gasteiger partial charge in [0.15, 0.2) is 12.4 Å². The van der Waals surface area contributed by atoms with Gasteiger partial charge < -0.3 is 10.1 Å². The van der Waals surface area contributed by atoms with Crippen molar-refractivity contribution in [2.45, 2.75) is 6.92 Å². The summed E-state index contributed by atoms with van der Waals surface area (Å²) in [6, 6.07) is 17.5. The number of anilines is 2. The van der Waals surface area contributed by atoms with E-state index in [4.69, 9.17) is 4.74 Å². The lowest BCUT2D eigenvalue weighted by molar-refractivity contribution is -0.145. The van der Waals surface area contributed by atoms with Gasteiger partial charge in [0, 0.05) is 0 Å². The lowest BCUT2D eigenvalue weighted by Crippen LogP contribution is -2.37. The standard InChI is InChI=1S/C22H21N5O5S/c1-16-8-6-7-11-19(16)26(33(2,30)31)14-21(29)32-15-20(28)25-22-17(12-23)13-24-27(22)18-9-4-3-5-10-18/h3-11,13H,14-15H2,1-2H3,(H,25,28). The lowest BCUT2D eigenvalue weighted by atomic mass is 10.2. The zero-order valence-electron chi connectivity index (χ0n) is 17.9. The van der Waals surface area contributed by atoms with Crippen molar-refractivity contribution < 1.29 is 22.7 Å². The molecule has 0 radical (unpaired) electrons. The maximum Gasteiger partial charge on any atom is 0.327 e. The zero-order valence-corrected chi connectivity index (χ0v) is 18.7. The molecule has 0 aliphatic carbocycles. The van der Waals surface area contributed by atoms with Gasteiger partial charge in [0.25, 0.3) is 5.91 Å². The molecule has 0 saturated heterocycles. The number of rotatable bonds is 8. The summed E-state index contributed by atoms with van der Waals surface area (Å²) in [5.74, 6) is -1.49. The Labute approximate surface area is 191 Å². The topological polar surface area (TPSA) is 134 Å². The van der Waals surface area contributed by atoms with Crippen LogP contribution in [0.3, 0.4) is 0 Å². The molecule has 0 aliphatic rings. The van der Waals surface area contributed by atoms with E-state index in [1.165, 1.54) is 10.9 Å². The number of nitrogens with zero attached hydrogens (tertiary/aromatic N) is 4. The van der Waals surface area contributed by atoms with Gasteiger partial charge in [-0.15, -0.1) is 0 Å². The largest absolute Gasteiger partial charge is 0.454 e. The molecule has 1 N–H and O–H groups in total. The van der Waals surface area contributed by atoms with Gasteiger partial charge in [-0.3, -0.25) is 13.9 Å². The number of hydrogen-bond donors (Lipinski definition) is 1. The minimum absolute atomic E-state index is 0.126. The Morgan fingerprint density at radius 3 is 2.45 bits per heavy atom. The summed E-state index contributed by atoms with van der Waals surface area (Å²) in [5.41, 5.74) is 1.74. The summed E-state index contributed by atoms with van der Waals surface area (Å²) >= 11 is 0. The van der Waals surface area contributed by atoms with Gasteiger partial charge in [-0.25, -0.2) is 13.1 Å². The molecule has 1 amide bonds. The molecule has 2 aromatic carbocycles. The van der Waals surface area contributed by atoms with E-state index in [9.17, 15) is 23.3 Å². The van der Waals surface area contributed by atoms with Crippen molar-refractivity contribution in [3.05, 3.63) is 71.9 Å². The third-order valence-electron chi connectivity index (χ3n) is 4.57. The van der Waals surface area contributed by atoms with E-state index in [2.05, 4.69) is 10.4 Å². The van der Waals surface area contributed by atoms with Crippen molar-refractivity contribution >= 4 is 33.4 Å². The first kappa shape index (κ1) is 23.5. The number of aryl methyl sites for hydroxylation is 1. The minimum Gasteiger partial charge on any atom is -0.454 e. The number of aromatic nitrogens is 2. The number of amides is 1. The summed E-state index contributed by atoms with van der Waals surface area (Å²) in [7, 11) is -3.78. The van der Waals surface area contributed by atoms with Gasteiger partial charge in [-0.2, -0.15) is 10.4 Å². The van der Waals surface area contributed by atoms with E-state index < -0.39 is 35.1 Å². The molecule has 0 saturated carbocycles. The molecule has 0 bridgehead atoms. The van der Waals surface area contributed by atoms with Crippen LogP contribution in [0.25, 0.3) is 5.69 Å². The van der Waals surface area contributed by atoms with E-state index in [0.717, 1.165) is 10.6 Å². The molecular weight excluding hydrogens is 446 g/mol. The predicted octanol–water partition coefficient (Wildman–Crippen LogP) is 2.00. The number of para-hydroxylation sites is 2. The van der Waals surface area contributed by atoms with Crippen molar-refractivity contribution in [3.8, 4) is 11.8 Å². The summed E-state index contributed by atoms with van der Waals surface area (Å²) in [6.45, 7) is 0.451. The van der Waals surface area contributed by atoms with Crippen LogP contribution in [0.2, 0.25) is 0 Å². The first-order valence-electron chi connectivity index (χ1n) is 9.73. The van der Waals surface area contributed by atoms with Crippen LogP contribution in [-0.4, -0.2) is 49.5 Å². The number of ether oxygens (including phenoxy) is 1. The highest BCUT2D eigenvalue weighted by molar-refractivity contribution is 7.92. The van der Waals surface area contributed by atoms with Gasteiger partial charge in [-0.05, 0) is 30.7 Å². The highest BCUT2D eigenvalue weighted by atomic mass is 32.2. The van der Waals surface area contributed by atoms with Gasteiger partial charge in [0.2, 0.25) is 10.0 Å². The number of esters is 1. The number of carbonyl (C=O) groups excluding carboxylic acids is 2. The van der Waals surface area contributed by atoms with Crippen LogP contribution in [0.1, 0.15) is 11.1 Å². The molecule has 0 spiro atoms. The minimum atomic E-state index is -3.78. The number of hydrogen-bond acceptors (Lipinski definition) is 7. The SMILES string of the molecule is Cc1ccccc1N(CC(=O)OCC(=O)Nc1c(C#N)cnn1-c1ccccc1)S(C)(=O)=O. The van der Waals surface area contributed by atoms with Gasteiger partial charge in [-0.1, -0.05) is 36.4 Å². The van der Waals surface area contributed by atoms with Crippen LogP contribution < -0.4 is 9.62 Å². The first-order valence-corrected chi connectivity index (χ1v) is 11.6. The Hall–Kier alpha value is -4.17. The van der Waals surface area contributed by atoms with Crippen molar-refractivity contribution in [2.75, 3.05) is 29.0 Å². The Balaban J connectivity index is 1.68. The highest BCUT2D eigenvalue weighted by Gasteiger charge is 2.24. The summed E-state index contributed by atoms with van der Waals surface area (Å²) < 4.78 is 31.7. The fraction of sp³-hybridized carbons (Fsp3) is 0.182. The molecule has 3 rings (SSSR count). The van der Waals surface area contributed by atoms with Crippen LogP contribution in [-0.2, 0) is 24.3 Å². The fourth-order valence-electron chi connectivity index (χ4n) is 3.02. The Morgan fingerprint density at radius 2 is 1.82 bits per heavy atom. The van der Waals surface area contributed by atoms with E-state index in [-0.39, 0.29) is 11.4 Å². The molecule has 10 nitrogen and oxygen atoms in total. The van der Waals surface area contributed by atoms with Crippen LogP contribution in [0.15, 0.2) is 60.8 Å². The second kappa shape index (κ2) is 9.97. The third-order valence-corrected chi connectivity index (χ3v) is 5.70. The predicted molar refractivity (Wildman–Crippen MR) is 121 cm³/mol. The van der Waals surface area contributed by atoms with Crippen LogP contribution in [0, 0.1) is 18.3 Å². The second-order valence-electron chi connectivity index (χ2n) is 7.03. The molecule has 0 atom stereocenters. The molecule has 0 unspecified atom stereocenters. The summed E-state index contributed by atoms with van der Waals surface area (Å²) in [6.07, 6.45) is 2.29. The number of nitriles is 1. The molecule has 11 heteroatoms. The number of benzene rings is 2. The number of sulfonamides is 1. The molecule has 0 aliphatic heterocycles. The van der Waals surface area contributed by atoms with E-state index in [1.54, 1.807) is 55.5 Å². The number of carbonyl (C=O) groups is 2. The lowest BCUT2D eigenvalue weighted by Gasteiger charge is -2.23. The van der Waals surface area contributed by atoms with Crippen LogP contribution in [0.5, 0.6) is 0 Å². The smallest absolute Gasteiger partial charge is 0.327 e. The fourth-order valence-corrected chi connectivity index (χ4v) is 3.92. The van der Waals surface area contributed by atoms with Gasteiger partial charge in [0.1, 0.15) is 18.2 Å². The monoisotopic (exact) mass is 467 g/mol. The molecule has 3 aromatic rings. The average Bonchev–Trinajstić information content (AvgIpc) is 3.19. The molecule has 0 fully saturated rings. The molecule has 170 valence electrons. The second-order valence-corrected chi connectivity index (χ2v) is 8.94. The first-order chi connectivity index (χ1) is 15.7. The van der Waals surface area contributed by atoms with E-state index >= 15 is 0 Å². The van der Waals surface area contributed by atoms with Crippen molar-refractivity contribution in [1.82, 2.24) is 9.78 Å². The zero-order chi connectivity index (χ0) is 24.0. The van der Waals surface area contributed by atoms with Gasteiger partial charge in [0.05, 0.1) is 23.8 Å². The van der Waals surface area contributed by atoms with Crippen molar-refractivity contribution in [3.63, 3.8) is 0 Å². The van der Waals surface area contributed by atoms with Crippen LogP contribution >= 0.6 is 0 Å². The maximum absolute atomic E-state index is 12.4. The third kappa shape index (κ3) is 5.75. The van der Waals surface area contributed by atoms with Crippen molar-refractivity contribution in [1.29, 1.82) is 5.26 Å². The Bertz CT molecular complexity index is 1310. The molecule has 33 heavy (non-hydrogen) atoms. The average molecular weight is 468 g/mol. The van der Waals surface area contributed by atoms with E-state index in [0.29, 0.717) is 16.9 Å². The Morgan fingerprint density at radius 1 is 1.15 bits per heavy atom. The number of nitrogens with one attached hydrogen (secondary N) is 1. The van der Waals surface area contributed by atoms with Crippen LogP contribution in [0.4, 0.5) is 11.5 Å². The Kier molecular flexibility index (Phi) is 7.10. The highest BCUT2D eigenvalue weighted by Crippen LogP contribution is 2.22. The summed E-state index contributed by atoms with van der Waals surface area (Å²) in [4.78, 5) is 24.7. The van der Waals surface area contributed by atoms with Gasteiger partial charge >= 0.3 is 5.97 Å². The quantitative estimate of drug-likeness (QED) is 0.501. The normalized spacial score (nSPS) is 10.8. The van der Waals surface area contributed by atoms with Crippen molar-refractivity contribution in [2.24, 2.45) is 0 Å². The molecular formula is C22H21N5O5S. The summed E-state index contributed by atoms with van der Waals surface area (Å²) in [5, 5.41) is 15.9. The maximum atomic E-state index is 12.4. The molecule has 1 heterocycles. The molecule has 1 aromatic heterocycles.